The SMILES string of the molecule is NC(=S)c1ccccc1NN1CCOCC1. The van der Waals surface area contributed by atoms with Gasteiger partial charge < -0.3 is 15.9 Å². The lowest BCUT2D eigenvalue weighted by molar-refractivity contribution is 0.0497. The molecular weight excluding hydrogens is 222 g/mol. The highest BCUT2D eigenvalue weighted by Crippen LogP contribution is 2.16. The number of anilines is 1. The highest BCUT2D eigenvalue weighted by molar-refractivity contribution is 7.80. The summed E-state index contributed by atoms with van der Waals surface area (Å²) in [5.74, 6) is 0. The van der Waals surface area contributed by atoms with Gasteiger partial charge in [0.15, 0.2) is 0 Å². The summed E-state index contributed by atoms with van der Waals surface area (Å²) >= 11 is 5.01. The first-order chi connectivity index (χ1) is 7.77. The lowest BCUT2D eigenvalue weighted by Gasteiger charge is -2.28. The molecule has 1 aliphatic heterocycles. The van der Waals surface area contributed by atoms with E-state index in [1.165, 1.54) is 0 Å². The molecule has 1 aromatic carbocycles. The third kappa shape index (κ3) is 2.69. The number of hydrazine groups is 1. The van der Waals surface area contributed by atoms with Gasteiger partial charge in [0.05, 0.1) is 18.9 Å². The fourth-order valence-corrected chi connectivity index (χ4v) is 1.82. The second-order valence-corrected chi connectivity index (χ2v) is 4.06. The number of nitrogens with two attached hydrogens (primary N) is 1. The van der Waals surface area contributed by atoms with E-state index in [0.717, 1.165) is 37.6 Å². The second kappa shape index (κ2) is 5.25. The maximum absolute atomic E-state index is 5.67. The summed E-state index contributed by atoms with van der Waals surface area (Å²) in [6.07, 6.45) is 0. The van der Waals surface area contributed by atoms with Gasteiger partial charge in [0.1, 0.15) is 4.99 Å². The zero-order valence-corrected chi connectivity index (χ0v) is 9.80. The van der Waals surface area contributed by atoms with Crippen LogP contribution in [0.25, 0.3) is 0 Å². The largest absolute Gasteiger partial charge is 0.389 e. The lowest BCUT2D eigenvalue weighted by atomic mass is 10.2. The third-order valence-corrected chi connectivity index (χ3v) is 2.70. The molecule has 3 N–H and O–H groups in total. The van der Waals surface area contributed by atoms with E-state index < -0.39 is 0 Å². The molecule has 0 spiro atoms. The molecule has 0 aliphatic carbocycles. The van der Waals surface area contributed by atoms with Crippen LogP contribution in [0.15, 0.2) is 24.3 Å². The van der Waals surface area contributed by atoms with Crippen LogP contribution in [0.2, 0.25) is 0 Å². The van der Waals surface area contributed by atoms with E-state index in [9.17, 15) is 0 Å². The van der Waals surface area contributed by atoms with Crippen LogP contribution >= 0.6 is 12.2 Å². The molecule has 0 unspecified atom stereocenters. The number of nitrogens with zero attached hydrogens (tertiary/aromatic N) is 1. The van der Waals surface area contributed by atoms with Crippen LogP contribution in [0.3, 0.4) is 0 Å². The maximum atomic E-state index is 5.67. The third-order valence-electron chi connectivity index (χ3n) is 2.48. The van der Waals surface area contributed by atoms with Crippen molar-refractivity contribution in [3.05, 3.63) is 29.8 Å². The quantitative estimate of drug-likeness (QED) is 0.768. The van der Waals surface area contributed by atoms with Crippen molar-refractivity contribution in [3.8, 4) is 0 Å². The Morgan fingerprint density at radius 3 is 2.69 bits per heavy atom. The van der Waals surface area contributed by atoms with Crippen molar-refractivity contribution in [3.63, 3.8) is 0 Å². The first kappa shape index (κ1) is 11.3. The second-order valence-electron chi connectivity index (χ2n) is 3.62. The Morgan fingerprint density at radius 1 is 1.31 bits per heavy atom. The summed E-state index contributed by atoms with van der Waals surface area (Å²) in [4.78, 5) is 0.413. The summed E-state index contributed by atoms with van der Waals surface area (Å²) < 4.78 is 5.28. The Balaban J connectivity index is 2.10. The van der Waals surface area contributed by atoms with Gasteiger partial charge in [0, 0.05) is 18.7 Å². The molecule has 16 heavy (non-hydrogen) atoms. The van der Waals surface area contributed by atoms with E-state index in [-0.39, 0.29) is 0 Å². The predicted octanol–water partition coefficient (Wildman–Crippen LogP) is 0.980. The minimum atomic E-state index is 0.413. The maximum Gasteiger partial charge on any atom is 0.106 e. The van der Waals surface area contributed by atoms with Crippen LogP contribution < -0.4 is 11.2 Å². The van der Waals surface area contributed by atoms with Gasteiger partial charge in [-0.25, -0.2) is 5.01 Å². The van der Waals surface area contributed by atoms with Gasteiger partial charge in [-0.3, -0.25) is 0 Å². The predicted molar refractivity (Wildman–Crippen MR) is 68.3 cm³/mol. The Labute approximate surface area is 100 Å². The van der Waals surface area contributed by atoms with Gasteiger partial charge in [-0.05, 0) is 12.1 Å². The topological polar surface area (TPSA) is 50.5 Å². The summed E-state index contributed by atoms with van der Waals surface area (Å²) in [7, 11) is 0. The molecule has 1 aromatic rings. The van der Waals surface area contributed by atoms with Gasteiger partial charge in [-0.1, -0.05) is 24.4 Å². The van der Waals surface area contributed by atoms with Crippen molar-refractivity contribution in [2.75, 3.05) is 31.7 Å². The number of hydrogen-bond acceptors (Lipinski definition) is 4. The highest BCUT2D eigenvalue weighted by atomic mass is 32.1. The Kier molecular flexibility index (Phi) is 3.71. The molecule has 1 heterocycles. The van der Waals surface area contributed by atoms with Crippen LogP contribution in [-0.2, 0) is 4.74 Å². The van der Waals surface area contributed by atoms with E-state index in [2.05, 4.69) is 10.4 Å². The number of nitrogens with one attached hydrogen (secondary N) is 1. The van der Waals surface area contributed by atoms with Crippen molar-refractivity contribution in [2.45, 2.75) is 0 Å². The van der Waals surface area contributed by atoms with Gasteiger partial charge in [0.2, 0.25) is 0 Å². The molecule has 0 radical (unpaired) electrons. The molecule has 0 saturated carbocycles. The number of hydrogen-bond donors (Lipinski definition) is 2. The summed E-state index contributed by atoms with van der Waals surface area (Å²) in [6.45, 7) is 3.24. The van der Waals surface area contributed by atoms with Crippen molar-refractivity contribution in [1.82, 2.24) is 5.01 Å². The van der Waals surface area contributed by atoms with Gasteiger partial charge in [0.25, 0.3) is 0 Å². The average Bonchev–Trinajstić information content (AvgIpc) is 2.31. The number of rotatable bonds is 3. The van der Waals surface area contributed by atoms with E-state index in [0.29, 0.717) is 4.99 Å². The van der Waals surface area contributed by atoms with Crippen LogP contribution in [0.1, 0.15) is 5.56 Å². The molecular formula is C11H15N3OS. The standard InChI is InChI=1S/C11H15N3OS/c12-11(16)9-3-1-2-4-10(9)13-14-5-7-15-8-6-14/h1-4,13H,5-8H2,(H2,12,16). The van der Waals surface area contributed by atoms with E-state index in [1.807, 2.05) is 24.3 Å². The van der Waals surface area contributed by atoms with Crippen molar-refractivity contribution < 1.29 is 4.74 Å². The van der Waals surface area contributed by atoms with E-state index in [4.69, 9.17) is 22.7 Å². The van der Waals surface area contributed by atoms with Gasteiger partial charge in [-0.15, -0.1) is 0 Å². The lowest BCUT2D eigenvalue weighted by Crippen LogP contribution is -2.40. The van der Waals surface area contributed by atoms with E-state index >= 15 is 0 Å². The molecule has 0 bridgehead atoms. The molecule has 5 heteroatoms. The number of morpholine rings is 1. The fraction of sp³-hybridized carbons (Fsp3) is 0.364. The van der Waals surface area contributed by atoms with Crippen LogP contribution in [0, 0.1) is 0 Å². The zero-order valence-electron chi connectivity index (χ0n) is 8.98. The monoisotopic (exact) mass is 237 g/mol. The van der Waals surface area contributed by atoms with Crippen LogP contribution in [0.4, 0.5) is 5.69 Å². The Bertz CT molecular complexity index is 377. The molecule has 0 amide bonds. The van der Waals surface area contributed by atoms with Gasteiger partial charge in [-0.2, -0.15) is 0 Å². The van der Waals surface area contributed by atoms with E-state index in [1.54, 1.807) is 0 Å². The Hall–Kier alpha value is -1.17. The Morgan fingerprint density at radius 2 is 2.00 bits per heavy atom. The molecule has 0 aromatic heterocycles. The normalized spacial score (nSPS) is 17.0. The van der Waals surface area contributed by atoms with Crippen molar-refractivity contribution in [2.24, 2.45) is 5.73 Å². The summed E-state index contributed by atoms with van der Waals surface area (Å²) in [5, 5.41) is 2.11. The molecule has 1 saturated heterocycles. The number of ether oxygens (including phenoxy) is 1. The van der Waals surface area contributed by atoms with Gasteiger partial charge >= 0.3 is 0 Å². The molecule has 1 aliphatic rings. The number of para-hydroxylation sites is 1. The minimum Gasteiger partial charge on any atom is -0.389 e. The molecule has 4 nitrogen and oxygen atoms in total. The molecule has 2 rings (SSSR count). The number of benzene rings is 1. The highest BCUT2D eigenvalue weighted by Gasteiger charge is 2.12. The smallest absolute Gasteiger partial charge is 0.106 e. The summed E-state index contributed by atoms with van der Waals surface area (Å²) in [6, 6.07) is 7.79. The molecule has 0 atom stereocenters. The fourth-order valence-electron chi connectivity index (χ4n) is 1.64. The van der Waals surface area contributed by atoms with Crippen LogP contribution in [0.5, 0.6) is 0 Å². The van der Waals surface area contributed by atoms with Crippen molar-refractivity contribution >= 4 is 22.9 Å². The molecule has 86 valence electrons. The zero-order chi connectivity index (χ0) is 11.4. The average molecular weight is 237 g/mol. The molecule has 1 fully saturated rings. The van der Waals surface area contributed by atoms with Crippen molar-refractivity contribution in [1.29, 1.82) is 0 Å². The minimum absolute atomic E-state index is 0.413. The first-order valence-corrected chi connectivity index (χ1v) is 5.66. The first-order valence-electron chi connectivity index (χ1n) is 5.25. The number of thiocarbonyl (C=S) groups is 1. The summed E-state index contributed by atoms with van der Waals surface area (Å²) in [5.41, 5.74) is 10.8. The van der Waals surface area contributed by atoms with Crippen LogP contribution in [-0.4, -0.2) is 36.3 Å².